The predicted octanol–water partition coefficient (Wildman–Crippen LogP) is 1.98. The molecule has 86 valence electrons. The molecule has 0 fully saturated rings. The van der Waals surface area contributed by atoms with Crippen LogP contribution >= 0.6 is 0 Å². The van der Waals surface area contributed by atoms with Gasteiger partial charge in [-0.15, -0.1) is 0 Å². The Hall–Kier alpha value is -2.07. The Morgan fingerprint density at radius 3 is 2.94 bits per heavy atom. The normalized spacial score (nSPS) is 11.1. The fourth-order valence-electron chi connectivity index (χ4n) is 1.89. The lowest BCUT2D eigenvalue weighted by molar-refractivity contribution is 0.519. The zero-order valence-electron chi connectivity index (χ0n) is 9.34. The average molecular weight is 227 g/mol. The van der Waals surface area contributed by atoms with Crippen molar-refractivity contribution >= 4 is 5.65 Å². The topological polar surface area (TPSA) is 56.5 Å². The highest BCUT2D eigenvalue weighted by Gasteiger charge is 2.04. The van der Waals surface area contributed by atoms with Gasteiger partial charge in [-0.3, -0.25) is 0 Å². The number of nitrogens with zero attached hydrogens (tertiary/aromatic N) is 2. The fourth-order valence-corrected chi connectivity index (χ4v) is 1.89. The first kappa shape index (κ1) is 10.1. The molecule has 0 atom stereocenters. The van der Waals surface area contributed by atoms with Gasteiger partial charge in [-0.25, -0.2) is 4.98 Å². The van der Waals surface area contributed by atoms with E-state index in [0.717, 1.165) is 22.7 Å². The van der Waals surface area contributed by atoms with Crippen molar-refractivity contribution in [3.63, 3.8) is 0 Å². The van der Waals surface area contributed by atoms with E-state index in [1.165, 1.54) is 0 Å². The van der Waals surface area contributed by atoms with Crippen LogP contribution in [0.25, 0.3) is 5.65 Å². The molecule has 0 saturated carbocycles. The minimum absolute atomic E-state index is 0.543. The maximum Gasteiger partial charge on any atom is 0.137 e. The van der Waals surface area contributed by atoms with E-state index in [1.807, 2.05) is 41.1 Å². The Balaban J connectivity index is 1.96. The average Bonchev–Trinajstić information content (AvgIpc) is 2.96. The number of imidazole rings is 1. The van der Waals surface area contributed by atoms with Crippen LogP contribution in [0.15, 0.2) is 47.3 Å². The van der Waals surface area contributed by atoms with Crippen LogP contribution < -0.4 is 5.73 Å². The van der Waals surface area contributed by atoms with Gasteiger partial charge in [0.2, 0.25) is 0 Å². The molecule has 3 aromatic heterocycles. The van der Waals surface area contributed by atoms with Gasteiger partial charge in [0.1, 0.15) is 11.4 Å². The monoisotopic (exact) mass is 227 g/mol. The molecule has 0 unspecified atom stereocenters. The zero-order valence-corrected chi connectivity index (χ0v) is 9.34. The summed E-state index contributed by atoms with van der Waals surface area (Å²) in [7, 11) is 0. The number of aromatic nitrogens is 2. The number of pyridine rings is 1. The van der Waals surface area contributed by atoms with Crippen molar-refractivity contribution in [3.8, 4) is 0 Å². The summed E-state index contributed by atoms with van der Waals surface area (Å²) in [6, 6.07) is 7.82. The first-order valence-corrected chi connectivity index (χ1v) is 5.54. The summed E-state index contributed by atoms with van der Waals surface area (Å²) in [6.07, 6.45) is 6.41. The first-order valence-electron chi connectivity index (χ1n) is 5.54. The molecule has 0 aliphatic carbocycles. The van der Waals surface area contributed by atoms with Crippen LogP contribution in [0.3, 0.4) is 0 Å². The largest absolute Gasteiger partial charge is 0.469 e. The number of furan rings is 1. The van der Waals surface area contributed by atoms with Crippen molar-refractivity contribution in [1.82, 2.24) is 9.38 Å². The number of hydrogen-bond donors (Lipinski definition) is 1. The van der Waals surface area contributed by atoms with Crippen LogP contribution in [-0.2, 0) is 13.0 Å². The van der Waals surface area contributed by atoms with Gasteiger partial charge < -0.3 is 14.6 Å². The molecular formula is C13H13N3O. The second-order valence-corrected chi connectivity index (χ2v) is 4.00. The summed E-state index contributed by atoms with van der Waals surface area (Å²) in [5.74, 6) is 0.924. The van der Waals surface area contributed by atoms with E-state index in [0.29, 0.717) is 13.0 Å². The Labute approximate surface area is 98.7 Å². The number of rotatable bonds is 3. The maximum absolute atomic E-state index is 5.61. The molecule has 2 N–H and O–H groups in total. The molecule has 0 aliphatic rings. The van der Waals surface area contributed by atoms with Crippen molar-refractivity contribution in [2.24, 2.45) is 5.73 Å². The van der Waals surface area contributed by atoms with Gasteiger partial charge in [-0.05, 0) is 23.8 Å². The van der Waals surface area contributed by atoms with Gasteiger partial charge >= 0.3 is 0 Å². The summed E-state index contributed by atoms with van der Waals surface area (Å²) in [6.45, 7) is 0.543. The summed E-state index contributed by atoms with van der Waals surface area (Å²) in [4.78, 5) is 4.53. The van der Waals surface area contributed by atoms with Crippen LogP contribution in [-0.4, -0.2) is 9.38 Å². The zero-order chi connectivity index (χ0) is 11.7. The molecule has 4 nitrogen and oxygen atoms in total. The number of hydrogen-bond acceptors (Lipinski definition) is 3. The molecule has 0 spiro atoms. The Morgan fingerprint density at radius 2 is 2.18 bits per heavy atom. The van der Waals surface area contributed by atoms with Crippen molar-refractivity contribution < 1.29 is 4.42 Å². The van der Waals surface area contributed by atoms with Gasteiger partial charge in [0.25, 0.3) is 0 Å². The van der Waals surface area contributed by atoms with Crippen LogP contribution in [0.1, 0.15) is 17.0 Å². The lowest BCUT2D eigenvalue weighted by Crippen LogP contribution is -1.97. The maximum atomic E-state index is 5.61. The Morgan fingerprint density at radius 1 is 1.24 bits per heavy atom. The minimum atomic E-state index is 0.543. The third-order valence-corrected chi connectivity index (χ3v) is 2.73. The van der Waals surface area contributed by atoms with Crippen LogP contribution in [0.2, 0.25) is 0 Å². The summed E-state index contributed by atoms with van der Waals surface area (Å²) in [5, 5.41) is 0. The second-order valence-electron chi connectivity index (χ2n) is 4.00. The predicted molar refractivity (Wildman–Crippen MR) is 64.6 cm³/mol. The molecule has 0 saturated heterocycles. The quantitative estimate of drug-likeness (QED) is 0.744. The van der Waals surface area contributed by atoms with E-state index in [4.69, 9.17) is 10.2 Å². The van der Waals surface area contributed by atoms with Crippen molar-refractivity contribution in [2.45, 2.75) is 13.0 Å². The summed E-state index contributed by atoms with van der Waals surface area (Å²) in [5.41, 5.74) is 8.63. The van der Waals surface area contributed by atoms with Crippen LogP contribution in [0, 0.1) is 0 Å². The molecule has 3 rings (SSSR count). The first-order chi connectivity index (χ1) is 8.35. The Bertz CT molecular complexity index is 625. The molecule has 3 aromatic rings. The van der Waals surface area contributed by atoms with Gasteiger partial charge in [-0.2, -0.15) is 0 Å². The molecule has 0 aromatic carbocycles. The van der Waals surface area contributed by atoms with Crippen molar-refractivity contribution in [2.75, 3.05) is 0 Å². The summed E-state index contributed by atoms with van der Waals surface area (Å²) < 4.78 is 7.31. The molecule has 3 heterocycles. The number of nitrogens with two attached hydrogens (primary N) is 1. The van der Waals surface area contributed by atoms with Gasteiger partial charge in [0, 0.05) is 25.4 Å². The molecule has 0 aliphatic heterocycles. The highest BCUT2D eigenvalue weighted by molar-refractivity contribution is 5.41. The van der Waals surface area contributed by atoms with E-state index in [1.54, 1.807) is 6.26 Å². The van der Waals surface area contributed by atoms with Gasteiger partial charge in [0.05, 0.1) is 12.0 Å². The SMILES string of the molecule is NCc1ccc2nc(Cc3ccco3)cn2c1. The van der Waals surface area contributed by atoms with E-state index in [2.05, 4.69) is 4.98 Å². The van der Waals surface area contributed by atoms with Gasteiger partial charge in [-0.1, -0.05) is 6.07 Å². The smallest absolute Gasteiger partial charge is 0.137 e. The molecule has 0 radical (unpaired) electrons. The third-order valence-electron chi connectivity index (χ3n) is 2.73. The van der Waals surface area contributed by atoms with E-state index < -0.39 is 0 Å². The van der Waals surface area contributed by atoms with Crippen molar-refractivity contribution in [3.05, 3.63) is 59.9 Å². The highest BCUT2D eigenvalue weighted by atomic mass is 16.3. The second kappa shape index (κ2) is 4.07. The fraction of sp³-hybridized carbons (Fsp3) is 0.154. The lowest BCUT2D eigenvalue weighted by atomic mass is 10.3. The molecule has 0 amide bonds. The van der Waals surface area contributed by atoms with E-state index in [9.17, 15) is 0 Å². The van der Waals surface area contributed by atoms with Gasteiger partial charge in [0.15, 0.2) is 0 Å². The van der Waals surface area contributed by atoms with Crippen LogP contribution in [0.5, 0.6) is 0 Å². The highest BCUT2D eigenvalue weighted by Crippen LogP contribution is 2.12. The Kier molecular flexibility index (Phi) is 2.42. The molecular weight excluding hydrogens is 214 g/mol. The van der Waals surface area contributed by atoms with Crippen LogP contribution in [0.4, 0.5) is 0 Å². The minimum Gasteiger partial charge on any atom is -0.469 e. The number of fused-ring (bicyclic) bond motifs is 1. The van der Waals surface area contributed by atoms with Crippen molar-refractivity contribution in [1.29, 1.82) is 0 Å². The molecule has 17 heavy (non-hydrogen) atoms. The van der Waals surface area contributed by atoms with E-state index in [-0.39, 0.29) is 0 Å². The molecule has 4 heteroatoms. The van der Waals surface area contributed by atoms with E-state index >= 15 is 0 Å². The lowest BCUT2D eigenvalue weighted by Gasteiger charge is -1.96. The standard InChI is InChI=1S/C13H13N3O/c14-7-10-3-4-13-15-11(9-16(13)8-10)6-12-2-1-5-17-12/h1-5,8-9H,6-7,14H2. The molecule has 0 bridgehead atoms. The third kappa shape index (κ3) is 1.94. The summed E-state index contributed by atoms with van der Waals surface area (Å²) >= 11 is 0.